The summed E-state index contributed by atoms with van der Waals surface area (Å²) in [6, 6.07) is 14.8. The van der Waals surface area contributed by atoms with E-state index >= 15 is 0 Å². The number of carbonyl (C=O) groups is 1. The minimum absolute atomic E-state index is 0.0371. The molecular weight excluding hydrogens is 286 g/mol. The average molecular weight is 300 g/mol. The van der Waals surface area contributed by atoms with Crippen molar-refractivity contribution in [2.45, 2.75) is 6.54 Å². The summed E-state index contributed by atoms with van der Waals surface area (Å²) < 4.78 is 6.97. The van der Waals surface area contributed by atoms with E-state index in [1.807, 2.05) is 35.0 Å². The van der Waals surface area contributed by atoms with Crippen LogP contribution < -0.4 is 4.74 Å². The molecule has 0 N–H and O–H groups in total. The topological polar surface area (TPSA) is 31.2 Å². The quantitative estimate of drug-likeness (QED) is 0.677. The molecule has 0 aliphatic rings. The van der Waals surface area contributed by atoms with Crippen molar-refractivity contribution < 1.29 is 9.53 Å². The summed E-state index contributed by atoms with van der Waals surface area (Å²) in [5, 5.41) is 1.69. The van der Waals surface area contributed by atoms with Crippen LogP contribution in [0.5, 0.6) is 5.75 Å². The van der Waals surface area contributed by atoms with Gasteiger partial charge in [0.15, 0.2) is 5.78 Å². The minimum atomic E-state index is 0.0371. The fourth-order valence-electron chi connectivity index (χ4n) is 2.37. The van der Waals surface area contributed by atoms with Crippen molar-refractivity contribution in [1.29, 1.82) is 0 Å². The Balaban J connectivity index is 1.89. The highest BCUT2D eigenvalue weighted by molar-refractivity contribution is 6.35. The highest BCUT2D eigenvalue weighted by atomic mass is 35.5. The molecule has 0 aliphatic heterocycles. The first-order valence-electron chi connectivity index (χ1n) is 6.59. The van der Waals surface area contributed by atoms with Crippen LogP contribution in [0.25, 0.3) is 10.9 Å². The third kappa shape index (κ3) is 2.65. The molecule has 21 heavy (non-hydrogen) atoms. The van der Waals surface area contributed by atoms with Gasteiger partial charge in [-0.15, -0.1) is 0 Å². The number of halogens is 1. The number of aromatic nitrogens is 1. The lowest BCUT2D eigenvalue weighted by atomic mass is 10.1. The fourth-order valence-corrected chi connectivity index (χ4v) is 2.66. The van der Waals surface area contributed by atoms with Crippen LogP contribution in [0.2, 0.25) is 5.02 Å². The van der Waals surface area contributed by atoms with Crippen molar-refractivity contribution in [2.75, 3.05) is 7.11 Å². The number of ether oxygens (including phenoxy) is 1. The summed E-state index contributed by atoms with van der Waals surface area (Å²) in [6.07, 6.45) is 1.89. The number of nitrogens with zero attached hydrogens (tertiary/aromatic N) is 1. The SMILES string of the molecule is COc1ccc(C(=O)Cn2ccc3cccc(Cl)c32)cc1. The molecular formula is C17H14ClNO2. The zero-order chi connectivity index (χ0) is 14.8. The van der Waals surface area contributed by atoms with Crippen LogP contribution in [0.1, 0.15) is 10.4 Å². The predicted molar refractivity (Wildman–Crippen MR) is 84.3 cm³/mol. The maximum Gasteiger partial charge on any atom is 0.182 e. The highest BCUT2D eigenvalue weighted by Crippen LogP contribution is 2.24. The lowest BCUT2D eigenvalue weighted by molar-refractivity contribution is 0.0973. The van der Waals surface area contributed by atoms with Crippen LogP contribution in [0, 0.1) is 0 Å². The van der Waals surface area contributed by atoms with Crippen LogP contribution in [0.15, 0.2) is 54.7 Å². The number of hydrogen-bond donors (Lipinski definition) is 0. The van der Waals surface area contributed by atoms with Gasteiger partial charge in [0.1, 0.15) is 5.75 Å². The van der Waals surface area contributed by atoms with Crippen molar-refractivity contribution >= 4 is 28.3 Å². The van der Waals surface area contributed by atoms with Gasteiger partial charge in [-0.25, -0.2) is 0 Å². The van der Waals surface area contributed by atoms with Gasteiger partial charge >= 0.3 is 0 Å². The largest absolute Gasteiger partial charge is 0.497 e. The van der Waals surface area contributed by atoms with Gasteiger partial charge in [0.05, 0.1) is 24.2 Å². The van der Waals surface area contributed by atoms with Gasteiger partial charge in [0.25, 0.3) is 0 Å². The zero-order valence-electron chi connectivity index (χ0n) is 11.5. The number of fused-ring (bicyclic) bond motifs is 1. The van der Waals surface area contributed by atoms with Crippen LogP contribution >= 0.6 is 11.6 Å². The average Bonchev–Trinajstić information content (AvgIpc) is 2.92. The number of Topliss-reactive ketones (excluding diaryl/α,β-unsaturated/α-hetero) is 1. The number of methoxy groups -OCH3 is 1. The molecule has 0 spiro atoms. The zero-order valence-corrected chi connectivity index (χ0v) is 12.3. The van der Waals surface area contributed by atoms with Crippen molar-refractivity contribution in [3.05, 3.63) is 65.3 Å². The Hall–Kier alpha value is -2.26. The molecule has 0 fully saturated rings. The summed E-state index contributed by atoms with van der Waals surface area (Å²) in [5.41, 5.74) is 1.55. The number of benzene rings is 2. The number of rotatable bonds is 4. The van der Waals surface area contributed by atoms with Gasteiger partial charge in [0.2, 0.25) is 0 Å². The molecule has 3 nitrogen and oxygen atoms in total. The molecule has 4 heteroatoms. The Bertz CT molecular complexity index is 790. The van der Waals surface area contributed by atoms with Crippen molar-refractivity contribution in [3.63, 3.8) is 0 Å². The molecule has 1 heterocycles. The third-order valence-electron chi connectivity index (χ3n) is 3.47. The molecule has 0 amide bonds. The fraction of sp³-hybridized carbons (Fsp3) is 0.118. The summed E-state index contributed by atoms with van der Waals surface area (Å²) in [7, 11) is 1.60. The van der Waals surface area contributed by atoms with Crippen LogP contribution in [0.3, 0.4) is 0 Å². The molecule has 0 saturated heterocycles. The van der Waals surface area contributed by atoms with E-state index < -0.39 is 0 Å². The second-order valence-corrected chi connectivity index (χ2v) is 5.18. The lowest BCUT2D eigenvalue weighted by Crippen LogP contribution is -2.09. The molecule has 0 atom stereocenters. The number of carbonyl (C=O) groups excluding carboxylic acids is 1. The summed E-state index contributed by atoms with van der Waals surface area (Å²) >= 11 is 6.22. The molecule has 0 radical (unpaired) electrons. The van der Waals surface area contributed by atoms with E-state index in [0.29, 0.717) is 10.6 Å². The first-order chi connectivity index (χ1) is 10.2. The van der Waals surface area contributed by atoms with Crippen LogP contribution in [-0.4, -0.2) is 17.5 Å². The van der Waals surface area contributed by atoms with Crippen molar-refractivity contribution in [2.24, 2.45) is 0 Å². The smallest absolute Gasteiger partial charge is 0.182 e. The number of ketones is 1. The van der Waals surface area contributed by atoms with Gasteiger partial charge in [-0.05, 0) is 36.4 Å². The highest BCUT2D eigenvalue weighted by Gasteiger charge is 2.10. The second kappa shape index (κ2) is 5.62. The molecule has 2 aromatic carbocycles. The van der Waals surface area contributed by atoms with Crippen LogP contribution in [-0.2, 0) is 6.54 Å². The first kappa shape index (κ1) is 13.7. The molecule has 106 valence electrons. The van der Waals surface area contributed by atoms with E-state index in [1.165, 1.54) is 0 Å². The van der Waals surface area contributed by atoms with E-state index in [4.69, 9.17) is 16.3 Å². The van der Waals surface area contributed by atoms with E-state index in [-0.39, 0.29) is 12.3 Å². The summed E-state index contributed by atoms with van der Waals surface area (Å²) in [4.78, 5) is 12.4. The van der Waals surface area contributed by atoms with Gasteiger partial charge in [-0.3, -0.25) is 4.79 Å². The predicted octanol–water partition coefficient (Wildman–Crippen LogP) is 4.19. The molecule has 0 unspecified atom stereocenters. The minimum Gasteiger partial charge on any atom is -0.497 e. The maximum absolute atomic E-state index is 12.4. The second-order valence-electron chi connectivity index (χ2n) is 4.77. The Morgan fingerprint density at radius 3 is 2.62 bits per heavy atom. The molecule has 0 saturated carbocycles. The summed E-state index contributed by atoms with van der Waals surface area (Å²) in [5.74, 6) is 0.774. The van der Waals surface area contributed by atoms with Crippen LogP contribution in [0.4, 0.5) is 0 Å². The van der Waals surface area contributed by atoms with E-state index in [2.05, 4.69) is 0 Å². The van der Waals surface area contributed by atoms with Crippen molar-refractivity contribution in [1.82, 2.24) is 4.57 Å². The van der Waals surface area contributed by atoms with E-state index in [1.54, 1.807) is 31.4 Å². The van der Waals surface area contributed by atoms with Crippen molar-refractivity contribution in [3.8, 4) is 5.75 Å². The first-order valence-corrected chi connectivity index (χ1v) is 6.97. The molecule has 1 aromatic heterocycles. The van der Waals surface area contributed by atoms with Gasteiger partial charge < -0.3 is 9.30 Å². The molecule has 3 aromatic rings. The monoisotopic (exact) mass is 299 g/mol. The van der Waals surface area contributed by atoms with Gasteiger partial charge in [0, 0.05) is 17.1 Å². The number of hydrogen-bond acceptors (Lipinski definition) is 2. The normalized spacial score (nSPS) is 10.8. The Morgan fingerprint density at radius 2 is 1.90 bits per heavy atom. The van der Waals surface area contributed by atoms with Gasteiger partial charge in [-0.2, -0.15) is 0 Å². The number of para-hydroxylation sites is 1. The standard InChI is InChI=1S/C17H14ClNO2/c1-21-14-7-5-12(6-8-14)16(20)11-19-10-9-13-3-2-4-15(18)17(13)19/h2-10H,11H2,1H3. The van der Waals surface area contributed by atoms with E-state index in [0.717, 1.165) is 16.7 Å². The Labute approximate surface area is 127 Å². The lowest BCUT2D eigenvalue weighted by Gasteiger charge is -2.07. The molecule has 0 aliphatic carbocycles. The van der Waals surface area contributed by atoms with Gasteiger partial charge in [-0.1, -0.05) is 23.7 Å². The molecule has 0 bridgehead atoms. The Morgan fingerprint density at radius 1 is 1.14 bits per heavy atom. The Kier molecular flexibility index (Phi) is 3.67. The van der Waals surface area contributed by atoms with E-state index in [9.17, 15) is 4.79 Å². The third-order valence-corrected chi connectivity index (χ3v) is 3.77. The summed E-state index contributed by atoms with van der Waals surface area (Å²) in [6.45, 7) is 0.263. The maximum atomic E-state index is 12.4. The molecule has 3 rings (SSSR count).